The minimum atomic E-state index is 1.01. The molecule has 0 heteroatoms. The Bertz CT molecular complexity index is 1200. The Labute approximate surface area is 234 Å². The molecule has 0 aliphatic rings. The van der Waals surface area contributed by atoms with Crippen LogP contribution in [0.15, 0.2) is 104 Å². The summed E-state index contributed by atoms with van der Waals surface area (Å²) in [6, 6.07) is 23.8. The first-order chi connectivity index (χ1) is 18.0. The van der Waals surface area contributed by atoms with Gasteiger partial charge in [0.15, 0.2) is 0 Å². The zero-order valence-electron chi connectivity index (χ0n) is 25.2. The summed E-state index contributed by atoms with van der Waals surface area (Å²) in [5, 5.41) is 0. The van der Waals surface area contributed by atoms with Crippen LogP contribution >= 0.6 is 0 Å². The van der Waals surface area contributed by atoms with Crippen molar-refractivity contribution in [3.05, 3.63) is 132 Å². The number of aryl methyl sites for hydroxylation is 3. The van der Waals surface area contributed by atoms with Gasteiger partial charge in [-0.2, -0.15) is 0 Å². The molecule has 0 fully saturated rings. The molecule has 3 aromatic rings. The van der Waals surface area contributed by atoms with Crippen LogP contribution in [0.4, 0.5) is 0 Å². The van der Waals surface area contributed by atoms with E-state index in [-0.39, 0.29) is 0 Å². The SMILES string of the molecule is C=C(C)CCC.C=C(C)CCC(=C)c1ccc(C)c(C)c1.C=C(C)c1ccccc1-c1ccc(CC)cc1. The molecule has 0 unspecified atom stereocenters. The minimum Gasteiger partial charge on any atom is -0.100 e. The largest absolute Gasteiger partial charge is 0.100 e. The van der Waals surface area contributed by atoms with E-state index in [0.717, 1.165) is 24.8 Å². The lowest BCUT2D eigenvalue weighted by molar-refractivity contribution is 0.910. The first-order valence-electron chi connectivity index (χ1n) is 13.9. The molecule has 0 bridgehead atoms. The number of benzene rings is 3. The van der Waals surface area contributed by atoms with E-state index in [1.165, 1.54) is 68.5 Å². The molecule has 0 saturated carbocycles. The molecule has 202 valence electrons. The summed E-state index contributed by atoms with van der Waals surface area (Å²) in [6.07, 6.45) is 5.54. The summed E-state index contributed by atoms with van der Waals surface area (Å²) in [7, 11) is 0. The topological polar surface area (TPSA) is 0 Å². The monoisotopic (exact) mass is 506 g/mol. The second-order valence-electron chi connectivity index (χ2n) is 10.4. The first kappa shape index (κ1) is 32.6. The van der Waals surface area contributed by atoms with Crippen molar-refractivity contribution in [1.82, 2.24) is 0 Å². The molecular formula is C38H50. The molecule has 0 radical (unpaired) electrons. The summed E-state index contributed by atoms with van der Waals surface area (Å²) in [6.45, 7) is 30.6. The molecule has 0 atom stereocenters. The second kappa shape index (κ2) is 17.2. The molecule has 3 rings (SSSR count). The molecule has 0 saturated heterocycles. The van der Waals surface area contributed by atoms with E-state index in [4.69, 9.17) is 0 Å². The Balaban J connectivity index is 0.000000316. The van der Waals surface area contributed by atoms with E-state index < -0.39 is 0 Å². The predicted octanol–water partition coefficient (Wildman–Crippen LogP) is 12.0. The van der Waals surface area contributed by atoms with Crippen molar-refractivity contribution in [1.29, 1.82) is 0 Å². The molecular weight excluding hydrogens is 456 g/mol. The Morgan fingerprint density at radius 1 is 0.658 bits per heavy atom. The van der Waals surface area contributed by atoms with E-state index in [9.17, 15) is 0 Å². The highest BCUT2D eigenvalue weighted by Crippen LogP contribution is 2.28. The standard InChI is InChI=1S/C17H18.C15H20.C6H12/c1-4-14-9-11-15(12-10-14)17-8-6-5-7-16(17)13(2)3;1-11(2)6-7-13(4)15-9-8-12(3)14(5)10-15;1-4-5-6(2)3/h5-12H,2,4H2,1,3H3;8-10H,1,4,6-7H2,2-3,5H3;2,4-5H2,1,3H3. The van der Waals surface area contributed by atoms with Crippen molar-refractivity contribution >= 4 is 11.1 Å². The van der Waals surface area contributed by atoms with E-state index in [2.05, 4.69) is 142 Å². The maximum absolute atomic E-state index is 4.13. The Morgan fingerprint density at radius 3 is 1.74 bits per heavy atom. The van der Waals surface area contributed by atoms with Crippen molar-refractivity contribution in [2.24, 2.45) is 0 Å². The molecule has 3 aromatic carbocycles. The van der Waals surface area contributed by atoms with E-state index in [1.54, 1.807) is 0 Å². The molecule has 0 aromatic heterocycles. The Hall–Kier alpha value is -3.38. The van der Waals surface area contributed by atoms with Gasteiger partial charge in [0.25, 0.3) is 0 Å². The van der Waals surface area contributed by atoms with Gasteiger partial charge in [-0.1, -0.05) is 117 Å². The Morgan fingerprint density at radius 2 is 1.26 bits per heavy atom. The summed E-state index contributed by atoms with van der Waals surface area (Å²) < 4.78 is 0. The fourth-order valence-corrected chi connectivity index (χ4v) is 3.92. The van der Waals surface area contributed by atoms with Crippen LogP contribution in [0.5, 0.6) is 0 Å². The molecule has 0 nitrogen and oxygen atoms in total. The zero-order chi connectivity index (χ0) is 28.7. The molecule has 38 heavy (non-hydrogen) atoms. The van der Waals surface area contributed by atoms with Crippen molar-refractivity contribution < 1.29 is 0 Å². The third-order valence-electron chi connectivity index (χ3n) is 6.51. The summed E-state index contributed by atoms with van der Waals surface area (Å²) in [5.41, 5.74) is 13.9. The maximum Gasteiger partial charge on any atom is -0.0109 e. The lowest BCUT2D eigenvalue weighted by Gasteiger charge is -2.09. The maximum atomic E-state index is 4.13. The quantitative estimate of drug-likeness (QED) is 0.253. The van der Waals surface area contributed by atoms with Gasteiger partial charge in [-0.05, 0) is 105 Å². The number of hydrogen-bond acceptors (Lipinski definition) is 0. The van der Waals surface area contributed by atoms with Gasteiger partial charge in [0, 0.05) is 0 Å². The summed E-state index contributed by atoms with van der Waals surface area (Å²) >= 11 is 0. The number of rotatable bonds is 9. The van der Waals surface area contributed by atoms with Crippen LogP contribution < -0.4 is 0 Å². The third kappa shape index (κ3) is 11.8. The van der Waals surface area contributed by atoms with Crippen LogP contribution in [0.2, 0.25) is 0 Å². The normalized spacial score (nSPS) is 9.87. The first-order valence-corrected chi connectivity index (χ1v) is 13.9. The van der Waals surface area contributed by atoms with Gasteiger partial charge in [0.1, 0.15) is 0 Å². The van der Waals surface area contributed by atoms with E-state index in [0.29, 0.717) is 0 Å². The Kier molecular flexibility index (Phi) is 14.8. The molecule has 0 heterocycles. The summed E-state index contributed by atoms with van der Waals surface area (Å²) in [5.74, 6) is 0. The van der Waals surface area contributed by atoms with Gasteiger partial charge in [-0.15, -0.1) is 13.2 Å². The smallest absolute Gasteiger partial charge is 0.0109 e. The predicted molar refractivity (Wildman–Crippen MR) is 175 cm³/mol. The highest BCUT2D eigenvalue weighted by Gasteiger charge is 2.04. The van der Waals surface area contributed by atoms with Gasteiger partial charge < -0.3 is 0 Å². The molecule has 0 aliphatic carbocycles. The molecule has 0 spiro atoms. The van der Waals surface area contributed by atoms with Gasteiger partial charge in [-0.25, -0.2) is 0 Å². The summed E-state index contributed by atoms with van der Waals surface area (Å²) in [4.78, 5) is 0. The van der Waals surface area contributed by atoms with Crippen LogP contribution in [0.3, 0.4) is 0 Å². The van der Waals surface area contributed by atoms with Crippen molar-refractivity contribution in [3.8, 4) is 11.1 Å². The van der Waals surface area contributed by atoms with Crippen molar-refractivity contribution in [3.63, 3.8) is 0 Å². The van der Waals surface area contributed by atoms with Crippen LogP contribution in [0.1, 0.15) is 88.1 Å². The molecule has 0 aliphatic heterocycles. The highest BCUT2D eigenvalue weighted by atomic mass is 14.1. The second-order valence-corrected chi connectivity index (χ2v) is 10.4. The van der Waals surface area contributed by atoms with Crippen molar-refractivity contribution in [2.75, 3.05) is 0 Å². The fourth-order valence-electron chi connectivity index (χ4n) is 3.92. The van der Waals surface area contributed by atoms with Gasteiger partial charge in [0.2, 0.25) is 0 Å². The third-order valence-corrected chi connectivity index (χ3v) is 6.51. The van der Waals surface area contributed by atoms with Crippen LogP contribution in [0.25, 0.3) is 22.3 Å². The van der Waals surface area contributed by atoms with Crippen LogP contribution in [0, 0.1) is 13.8 Å². The minimum absolute atomic E-state index is 1.01. The molecule has 0 amide bonds. The van der Waals surface area contributed by atoms with Gasteiger partial charge >= 0.3 is 0 Å². The fraction of sp³-hybridized carbons (Fsp3) is 0.316. The van der Waals surface area contributed by atoms with Crippen molar-refractivity contribution in [2.45, 2.75) is 80.6 Å². The van der Waals surface area contributed by atoms with E-state index in [1.807, 2.05) is 0 Å². The lowest BCUT2D eigenvalue weighted by Crippen LogP contribution is -1.88. The molecule has 0 N–H and O–H groups in total. The number of allylic oxidation sites excluding steroid dienone is 4. The number of hydrogen-bond donors (Lipinski definition) is 0. The van der Waals surface area contributed by atoms with Gasteiger partial charge in [0.05, 0.1) is 0 Å². The average Bonchev–Trinajstić information content (AvgIpc) is 2.89. The average molecular weight is 507 g/mol. The zero-order valence-corrected chi connectivity index (χ0v) is 25.2. The highest BCUT2D eigenvalue weighted by molar-refractivity contribution is 5.79. The van der Waals surface area contributed by atoms with Crippen LogP contribution in [-0.4, -0.2) is 0 Å². The lowest BCUT2D eigenvalue weighted by atomic mass is 9.95. The van der Waals surface area contributed by atoms with E-state index >= 15 is 0 Å². The van der Waals surface area contributed by atoms with Gasteiger partial charge in [-0.3, -0.25) is 0 Å². The van der Waals surface area contributed by atoms with Crippen LogP contribution in [-0.2, 0) is 6.42 Å².